The van der Waals surface area contributed by atoms with Crippen LogP contribution in [0.25, 0.3) is 16.5 Å². The van der Waals surface area contributed by atoms with Crippen molar-refractivity contribution in [3.05, 3.63) is 75.0 Å². The summed E-state index contributed by atoms with van der Waals surface area (Å²) in [6, 6.07) is 13.2. The molecule has 2 aromatic carbocycles. The number of thiophene rings is 1. The number of amides is 1. The largest absolute Gasteiger partial charge is 0.497 e. The van der Waals surface area contributed by atoms with E-state index < -0.39 is 17.4 Å². The summed E-state index contributed by atoms with van der Waals surface area (Å²) in [6.07, 6.45) is 0. The van der Waals surface area contributed by atoms with E-state index in [2.05, 4.69) is 10.4 Å². The molecule has 180 valence electrons. The number of aromatic nitrogens is 2. The number of hydrogen-bond donors (Lipinski definition) is 1. The number of anilines is 1. The fraction of sp³-hybridized carbons (Fsp3) is 0.167. The normalized spacial score (nSPS) is 10.7. The van der Waals surface area contributed by atoms with E-state index in [1.54, 1.807) is 60.8 Å². The molecule has 9 nitrogen and oxygen atoms in total. The first-order valence-electron chi connectivity index (χ1n) is 10.5. The highest BCUT2D eigenvalue weighted by atomic mass is 35.5. The molecule has 0 fully saturated rings. The highest BCUT2D eigenvalue weighted by Gasteiger charge is 2.23. The molecule has 0 saturated carbocycles. The standard InChI is InChI=1S/C24H20ClN3O6S/c1-3-33-24(31)21-18-13-35-22(26-19(29)12-34-16-9-7-14(25)8-10-16)20(18)23(30)28(27-21)15-5-4-6-17(11-15)32-2/h4-11,13H,3,12H2,1-2H3,(H,26,29). The Morgan fingerprint density at radius 2 is 1.91 bits per heavy atom. The number of rotatable bonds is 8. The maximum absolute atomic E-state index is 13.5. The Kier molecular flexibility index (Phi) is 7.33. The van der Waals surface area contributed by atoms with Crippen molar-refractivity contribution < 1.29 is 23.8 Å². The van der Waals surface area contributed by atoms with Gasteiger partial charge in [0.2, 0.25) is 0 Å². The second-order valence-corrected chi connectivity index (χ2v) is 8.45. The van der Waals surface area contributed by atoms with Gasteiger partial charge in [-0.05, 0) is 43.3 Å². The van der Waals surface area contributed by atoms with E-state index in [1.165, 1.54) is 7.11 Å². The molecule has 11 heteroatoms. The summed E-state index contributed by atoms with van der Waals surface area (Å²) in [6.45, 7) is 1.52. The number of ether oxygens (including phenoxy) is 3. The third-order valence-corrected chi connectivity index (χ3v) is 6.00. The summed E-state index contributed by atoms with van der Waals surface area (Å²) >= 11 is 6.96. The zero-order chi connectivity index (χ0) is 24.9. The molecule has 1 amide bonds. The lowest BCUT2D eigenvalue weighted by Crippen LogP contribution is -2.26. The zero-order valence-electron chi connectivity index (χ0n) is 18.7. The summed E-state index contributed by atoms with van der Waals surface area (Å²) in [5.74, 6) is -0.191. The predicted molar refractivity (Wildman–Crippen MR) is 133 cm³/mol. The predicted octanol–water partition coefficient (Wildman–Crippen LogP) is 4.30. The topological polar surface area (TPSA) is 109 Å². The van der Waals surface area contributed by atoms with Crippen LogP contribution in [0, 0.1) is 0 Å². The number of fused-ring (bicyclic) bond motifs is 1. The lowest BCUT2D eigenvalue weighted by Gasteiger charge is -2.11. The molecule has 0 aliphatic heterocycles. The summed E-state index contributed by atoms with van der Waals surface area (Å²) in [4.78, 5) is 38.7. The van der Waals surface area contributed by atoms with Crippen LogP contribution in [0.1, 0.15) is 17.4 Å². The molecule has 0 radical (unpaired) electrons. The van der Waals surface area contributed by atoms with E-state index in [9.17, 15) is 14.4 Å². The maximum atomic E-state index is 13.5. The van der Waals surface area contributed by atoms with Gasteiger partial charge in [0.25, 0.3) is 11.5 Å². The number of benzene rings is 2. The first-order valence-corrected chi connectivity index (χ1v) is 11.7. The van der Waals surface area contributed by atoms with Gasteiger partial charge in [-0.3, -0.25) is 9.59 Å². The van der Waals surface area contributed by atoms with Crippen LogP contribution in [0.15, 0.2) is 58.7 Å². The first-order chi connectivity index (χ1) is 16.9. The van der Waals surface area contributed by atoms with E-state index >= 15 is 0 Å². The Hall–Kier alpha value is -3.89. The second-order valence-electron chi connectivity index (χ2n) is 7.13. The van der Waals surface area contributed by atoms with Crippen molar-refractivity contribution in [3.63, 3.8) is 0 Å². The lowest BCUT2D eigenvalue weighted by molar-refractivity contribution is -0.118. The molecule has 0 spiro atoms. The highest BCUT2D eigenvalue weighted by Crippen LogP contribution is 2.31. The summed E-state index contributed by atoms with van der Waals surface area (Å²) in [7, 11) is 1.50. The van der Waals surface area contributed by atoms with Crippen LogP contribution in [0.2, 0.25) is 5.02 Å². The minimum atomic E-state index is -0.684. The van der Waals surface area contributed by atoms with Gasteiger partial charge in [0.05, 0.1) is 24.8 Å². The van der Waals surface area contributed by atoms with Crippen LogP contribution in [0.4, 0.5) is 5.00 Å². The van der Waals surface area contributed by atoms with Crippen molar-refractivity contribution in [2.45, 2.75) is 6.92 Å². The number of nitrogens with zero attached hydrogens (tertiary/aromatic N) is 2. The molecule has 0 atom stereocenters. The minimum absolute atomic E-state index is 0.0431. The van der Waals surface area contributed by atoms with Gasteiger partial charge < -0.3 is 19.5 Å². The average Bonchev–Trinajstić information content (AvgIpc) is 3.28. The molecule has 0 saturated heterocycles. The third kappa shape index (κ3) is 5.28. The Balaban J connectivity index is 1.72. The molecule has 35 heavy (non-hydrogen) atoms. The van der Waals surface area contributed by atoms with Crippen LogP contribution in [0.3, 0.4) is 0 Å². The number of nitrogens with one attached hydrogen (secondary N) is 1. The quantitative estimate of drug-likeness (QED) is 0.350. The number of halogens is 1. The van der Waals surface area contributed by atoms with E-state index in [4.69, 9.17) is 25.8 Å². The summed E-state index contributed by atoms with van der Waals surface area (Å²) in [5.41, 5.74) is -0.175. The number of esters is 1. The average molecular weight is 514 g/mol. The third-order valence-electron chi connectivity index (χ3n) is 4.86. The number of carbonyl (C=O) groups excluding carboxylic acids is 2. The van der Waals surface area contributed by atoms with Gasteiger partial charge in [0.15, 0.2) is 12.3 Å². The highest BCUT2D eigenvalue weighted by molar-refractivity contribution is 7.16. The van der Waals surface area contributed by atoms with Crippen molar-refractivity contribution in [3.8, 4) is 17.2 Å². The molecule has 4 rings (SSSR count). The monoisotopic (exact) mass is 513 g/mol. The van der Waals surface area contributed by atoms with Crippen molar-refractivity contribution in [1.82, 2.24) is 9.78 Å². The molecule has 0 aliphatic carbocycles. The fourth-order valence-corrected chi connectivity index (χ4v) is 4.33. The molecule has 0 aliphatic rings. The van der Waals surface area contributed by atoms with Gasteiger partial charge >= 0.3 is 5.97 Å². The molecule has 2 heterocycles. The second kappa shape index (κ2) is 10.6. The molecule has 0 bridgehead atoms. The Morgan fingerprint density at radius 1 is 1.14 bits per heavy atom. The minimum Gasteiger partial charge on any atom is -0.497 e. The van der Waals surface area contributed by atoms with Gasteiger partial charge in [-0.2, -0.15) is 9.78 Å². The SMILES string of the molecule is CCOC(=O)c1nn(-c2cccc(OC)c2)c(=O)c2c(NC(=O)COc3ccc(Cl)cc3)scc12. The number of methoxy groups -OCH3 is 1. The Bertz CT molecular complexity index is 1450. The van der Waals surface area contributed by atoms with Crippen LogP contribution in [-0.4, -0.2) is 42.0 Å². The van der Waals surface area contributed by atoms with Crippen LogP contribution < -0.4 is 20.3 Å². The van der Waals surface area contributed by atoms with Gasteiger partial charge in [-0.25, -0.2) is 4.79 Å². The smallest absolute Gasteiger partial charge is 0.359 e. The molecule has 0 unspecified atom stereocenters. The molecule has 4 aromatic rings. The molecule has 1 N–H and O–H groups in total. The number of hydrogen-bond acceptors (Lipinski definition) is 8. The van der Waals surface area contributed by atoms with Gasteiger partial charge in [-0.1, -0.05) is 17.7 Å². The fourth-order valence-electron chi connectivity index (χ4n) is 3.25. The maximum Gasteiger partial charge on any atom is 0.359 e. The van der Waals surface area contributed by atoms with Crippen LogP contribution >= 0.6 is 22.9 Å². The van der Waals surface area contributed by atoms with E-state index in [0.29, 0.717) is 22.2 Å². The Labute approximate surface area is 208 Å². The van der Waals surface area contributed by atoms with Crippen molar-refractivity contribution in [2.75, 3.05) is 25.6 Å². The zero-order valence-corrected chi connectivity index (χ0v) is 20.3. The van der Waals surface area contributed by atoms with Gasteiger partial charge in [0.1, 0.15) is 16.5 Å². The van der Waals surface area contributed by atoms with Gasteiger partial charge in [0, 0.05) is 21.9 Å². The van der Waals surface area contributed by atoms with E-state index in [0.717, 1.165) is 16.0 Å². The van der Waals surface area contributed by atoms with Crippen LogP contribution in [0.5, 0.6) is 11.5 Å². The Morgan fingerprint density at radius 3 is 2.63 bits per heavy atom. The van der Waals surface area contributed by atoms with Crippen LogP contribution in [-0.2, 0) is 9.53 Å². The van der Waals surface area contributed by atoms with Crippen molar-refractivity contribution in [2.24, 2.45) is 0 Å². The van der Waals surface area contributed by atoms with Gasteiger partial charge in [-0.15, -0.1) is 11.3 Å². The summed E-state index contributed by atoms with van der Waals surface area (Å²) < 4.78 is 16.9. The van der Waals surface area contributed by atoms with E-state index in [-0.39, 0.29) is 34.7 Å². The van der Waals surface area contributed by atoms with Crippen molar-refractivity contribution >= 4 is 50.6 Å². The van der Waals surface area contributed by atoms with Crippen molar-refractivity contribution in [1.29, 1.82) is 0 Å². The molecule has 2 aromatic heterocycles. The number of carbonyl (C=O) groups is 2. The van der Waals surface area contributed by atoms with E-state index in [1.807, 2.05) is 0 Å². The molecular weight excluding hydrogens is 494 g/mol. The molecular formula is C24H20ClN3O6S. The lowest BCUT2D eigenvalue weighted by atomic mass is 10.2. The first kappa shape index (κ1) is 24.2. The summed E-state index contributed by atoms with van der Waals surface area (Å²) in [5, 5.41) is 9.78.